The maximum Gasteiger partial charge on any atom is 0.156 e. The minimum Gasteiger partial charge on any atom is -0.353 e. The third-order valence-electron chi connectivity index (χ3n) is 4.40. The van der Waals surface area contributed by atoms with Crippen molar-refractivity contribution in [3.63, 3.8) is 0 Å². The normalized spacial score (nSPS) is 18.8. The van der Waals surface area contributed by atoms with Gasteiger partial charge in [0.25, 0.3) is 0 Å². The Morgan fingerprint density at radius 1 is 1.29 bits per heavy atom. The lowest BCUT2D eigenvalue weighted by molar-refractivity contribution is 0.494. The van der Waals surface area contributed by atoms with Gasteiger partial charge in [-0.1, -0.05) is 0 Å². The first-order chi connectivity index (χ1) is 10.2. The Morgan fingerprint density at radius 2 is 2.19 bits per heavy atom. The van der Waals surface area contributed by atoms with Crippen LogP contribution in [-0.2, 0) is 7.05 Å². The van der Waals surface area contributed by atoms with Crippen molar-refractivity contribution in [3.05, 3.63) is 36.5 Å². The minimum absolute atomic E-state index is 0.423. The third-order valence-corrected chi connectivity index (χ3v) is 4.40. The van der Waals surface area contributed by atoms with Crippen LogP contribution in [0.5, 0.6) is 0 Å². The van der Waals surface area contributed by atoms with Crippen LogP contribution >= 0.6 is 0 Å². The molecule has 21 heavy (non-hydrogen) atoms. The lowest BCUT2D eigenvalue weighted by Crippen LogP contribution is -2.23. The molecule has 1 unspecified atom stereocenters. The first-order valence-electron chi connectivity index (χ1n) is 7.25. The number of nitrogens with zero attached hydrogens (tertiary/aromatic N) is 6. The average Bonchev–Trinajstić information content (AvgIpc) is 3.20. The molecule has 6 nitrogen and oxygen atoms in total. The van der Waals surface area contributed by atoms with Gasteiger partial charge in [0, 0.05) is 38.2 Å². The van der Waals surface area contributed by atoms with E-state index in [-0.39, 0.29) is 0 Å². The van der Waals surface area contributed by atoms with Gasteiger partial charge in [0.1, 0.15) is 11.8 Å². The van der Waals surface area contributed by atoms with Gasteiger partial charge in [-0.15, -0.1) is 0 Å². The quantitative estimate of drug-likeness (QED) is 0.720. The average molecular weight is 282 g/mol. The Hall–Kier alpha value is -2.37. The van der Waals surface area contributed by atoms with Gasteiger partial charge in [-0.05, 0) is 25.5 Å². The van der Waals surface area contributed by atoms with Gasteiger partial charge in [-0.25, -0.2) is 9.97 Å². The summed E-state index contributed by atoms with van der Waals surface area (Å²) < 4.78 is 4.22. The Bertz CT molecular complexity index is 773. The Labute approximate surface area is 123 Å². The van der Waals surface area contributed by atoms with Crippen molar-refractivity contribution in [2.45, 2.75) is 19.4 Å². The van der Waals surface area contributed by atoms with Crippen molar-refractivity contribution in [3.8, 4) is 0 Å². The predicted octanol–water partition coefficient (Wildman–Crippen LogP) is 1.92. The molecule has 0 aromatic carbocycles. The zero-order chi connectivity index (χ0) is 14.4. The van der Waals surface area contributed by atoms with Gasteiger partial charge in [-0.2, -0.15) is 5.10 Å². The van der Waals surface area contributed by atoms with Crippen molar-refractivity contribution in [2.24, 2.45) is 7.05 Å². The van der Waals surface area contributed by atoms with E-state index in [2.05, 4.69) is 49.3 Å². The molecular formula is C15H18N6. The summed E-state index contributed by atoms with van der Waals surface area (Å²) in [7, 11) is 2.07. The largest absolute Gasteiger partial charge is 0.353 e. The van der Waals surface area contributed by atoms with Crippen molar-refractivity contribution < 1.29 is 0 Å². The van der Waals surface area contributed by atoms with E-state index < -0.39 is 0 Å². The summed E-state index contributed by atoms with van der Waals surface area (Å²) >= 11 is 0. The maximum atomic E-state index is 4.54. The summed E-state index contributed by atoms with van der Waals surface area (Å²) in [6.45, 7) is 4.04. The van der Waals surface area contributed by atoms with Gasteiger partial charge in [-0.3, -0.25) is 4.68 Å². The number of aromatic nitrogens is 5. The molecule has 3 aromatic heterocycles. The van der Waals surface area contributed by atoms with Crippen LogP contribution in [0.1, 0.15) is 18.2 Å². The van der Waals surface area contributed by atoms with Crippen LogP contribution in [0.2, 0.25) is 0 Å². The van der Waals surface area contributed by atoms with E-state index in [9.17, 15) is 0 Å². The molecule has 0 saturated carbocycles. The molecule has 0 amide bonds. The van der Waals surface area contributed by atoms with Gasteiger partial charge >= 0.3 is 0 Å². The van der Waals surface area contributed by atoms with Gasteiger partial charge < -0.3 is 9.47 Å². The third kappa shape index (κ3) is 1.90. The summed E-state index contributed by atoms with van der Waals surface area (Å²) in [4.78, 5) is 11.3. The van der Waals surface area contributed by atoms with E-state index in [0.29, 0.717) is 6.04 Å². The molecule has 108 valence electrons. The molecule has 1 aliphatic rings. The highest BCUT2D eigenvalue weighted by molar-refractivity contribution is 5.87. The number of aryl methyl sites for hydroxylation is 2. The zero-order valence-corrected chi connectivity index (χ0v) is 12.3. The van der Waals surface area contributed by atoms with Crippen LogP contribution in [0, 0.1) is 6.92 Å². The van der Waals surface area contributed by atoms with Gasteiger partial charge in [0.05, 0.1) is 11.6 Å². The zero-order valence-electron chi connectivity index (χ0n) is 12.3. The molecule has 0 aliphatic carbocycles. The van der Waals surface area contributed by atoms with Crippen molar-refractivity contribution in [1.82, 2.24) is 24.3 Å². The minimum atomic E-state index is 0.423. The number of anilines is 1. The van der Waals surface area contributed by atoms with Crippen LogP contribution in [0.15, 0.2) is 30.9 Å². The Morgan fingerprint density at radius 3 is 3.00 bits per heavy atom. The van der Waals surface area contributed by atoms with E-state index in [4.69, 9.17) is 0 Å². The molecule has 0 spiro atoms. The summed E-state index contributed by atoms with van der Waals surface area (Å²) in [5.74, 6) is 1.03. The van der Waals surface area contributed by atoms with Crippen LogP contribution in [0.4, 0.5) is 5.82 Å². The maximum absolute atomic E-state index is 4.54. The SMILES string of the molecule is Cc1cc2ncnc(N3CCC(n4cccn4)C3)c2n1C. The van der Waals surface area contributed by atoms with E-state index in [1.807, 2.05) is 18.5 Å². The first kappa shape index (κ1) is 12.4. The molecule has 1 atom stereocenters. The lowest BCUT2D eigenvalue weighted by Gasteiger charge is -2.19. The van der Waals surface area contributed by atoms with Crippen LogP contribution in [0.3, 0.4) is 0 Å². The molecule has 3 aromatic rings. The summed E-state index contributed by atoms with van der Waals surface area (Å²) in [6.07, 6.45) is 6.64. The van der Waals surface area contributed by atoms with Crippen LogP contribution in [-0.4, -0.2) is 37.4 Å². The molecule has 1 saturated heterocycles. The topological polar surface area (TPSA) is 51.8 Å². The second-order valence-corrected chi connectivity index (χ2v) is 5.65. The number of hydrogen-bond donors (Lipinski definition) is 0. The van der Waals surface area contributed by atoms with E-state index in [0.717, 1.165) is 36.4 Å². The second kappa shape index (κ2) is 4.58. The number of rotatable bonds is 2. The van der Waals surface area contributed by atoms with Crippen molar-refractivity contribution in [2.75, 3.05) is 18.0 Å². The standard InChI is InChI=1S/C15H18N6/c1-11-8-13-14(19(11)2)15(17-10-16-13)20-7-4-12(9-20)21-6-3-5-18-21/h3,5-6,8,10,12H,4,7,9H2,1-2H3. The fraction of sp³-hybridized carbons (Fsp3) is 0.400. The molecule has 1 aliphatic heterocycles. The summed E-state index contributed by atoms with van der Waals surface area (Å²) in [6, 6.07) is 4.51. The molecule has 4 heterocycles. The van der Waals surface area contributed by atoms with Crippen molar-refractivity contribution >= 4 is 16.9 Å². The highest BCUT2D eigenvalue weighted by Crippen LogP contribution is 2.30. The second-order valence-electron chi connectivity index (χ2n) is 5.65. The van der Waals surface area contributed by atoms with Crippen LogP contribution < -0.4 is 4.90 Å². The first-order valence-corrected chi connectivity index (χ1v) is 7.25. The van der Waals surface area contributed by atoms with Crippen molar-refractivity contribution in [1.29, 1.82) is 0 Å². The molecule has 0 bridgehead atoms. The predicted molar refractivity (Wildman–Crippen MR) is 81.3 cm³/mol. The monoisotopic (exact) mass is 282 g/mol. The van der Waals surface area contributed by atoms with E-state index in [1.165, 1.54) is 5.69 Å². The molecule has 0 N–H and O–H groups in total. The fourth-order valence-corrected chi connectivity index (χ4v) is 3.16. The smallest absolute Gasteiger partial charge is 0.156 e. The van der Waals surface area contributed by atoms with Gasteiger partial charge in [0.15, 0.2) is 5.82 Å². The lowest BCUT2D eigenvalue weighted by atomic mass is 10.3. The Kier molecular flexibility index (Phi) is 2.70. The molecule has 4 rings (SSSR count). The highest BCUT2D eigenvalue weighted by Gasteiger charge is 2.27. The fourth-order valence-electron chi connectivity index (χ4n) is 3.16. The highest BCUT2D eigenvalue weighted by atomic mass is 15.3. The Balaban J connectivity index is 1.71. The van der Waals surface area contributed by atoms with E-state index >= 15 is 0 Å². The van der Waals surface area contributed by atoms with E-state index in [1.54, 1.807) is 6.33 Å². The molecule has 1 fully saturated rings. The number of fused-ring (bicyclic) bond motifs is 1. The van der Waals surface area contributed by atoms with Gasteiger partial charge in [0.2, 0.25) is 0 Å². The summed E-state index contributed by atoms with van der Waals surface area (Å²) in [5.41, 5.74) is 3.34. The van der Waals surface area contributed by atoms with Crippen LogP contribution in [0.25, 0.3) is 11.0 Å². The molecule has 6 heteroatoms. The summed E-state index contributed by atoms with van der Waals surface area (Å²) in [5, 5.41) is 4.36. The molecule has 0 radical (unpaired) electrons. The number of hydrogen-bond acceptors (Lipinski definition) is 4. The molecular weight excluding hydrogens is 264 g/mol.